The van der Waals surface area contributed by atoms with Crippen LogP contribution in [0.2, 0.25) is 5.02 Å². The van der Waals surface area contributed by atoms with Gasteiger partial charge in [-0.1, -0.05) is 11.6 Å². The van der Waals surface area contributed by atoms with E-state index in [-0.39, 0.29) is 0 Å². The molecule has 2 nitrogen and oxygen atoms in total. The number of nitrogens with zero attached hydrogens (tertiary/aromatic N) is 1. The molecule has 2 rings (SSSR count). The van der Waals surface area contributed by atoms with Crippen LogP contribution in [-0.4, -0.2) is 4.98 Å². The number of ether oxygens (including phenoxy) is 1. The van der Waals surface area contributed by atoms with Crippen LogP contribution in [0.1, 0.15) is 0 Å². The summed E-state index contributed by atoms with van der Waals surface area (Å²) in [5.41, 5.74) is 0. The summed E-state index contributed by atoms with van der Waals surface area (Å²) in [7, 11) is 0. The summed E-state index contributed by atoms with van der Waals surface area (Å²) in [4.78, 5) is 4.01. The third-order valence-electron chi connectivity index (χ3n) is 1.62. The van der Waals surface area contributed by atoms with Crippen molar-refractivity contribution in [1.29, 1.82) is 0 Å². The van der Waals surface area contributed by atoms with Crippen LogP contribution in [0.15, 0.2) is 42.6 Å². The van der Waals surface area contributed by atoms with Crippen molar-refractivity contribution >= 4 is 11.6 Å². The smallest absolute Gasteiger partial charge is 0.219 e. The molecule has 0 atom stereocenters. The summed E-state index contributed by atoms with van der Waals surface area (Å²) in [5, 5.41) is 0.685. The first kappa shape index (κ1) is 9.03. The first-order valence-corrected chi connectivity index (χ1v) is 4.48. The van der Waals surface area contributed by atoms with Crippen molar-refractivity contribution in [1.82, 2.24) is 4.98 Å². The van der Waals surface area contributed by atoms with Crippen molar-refractivity contribution in [3.63, 3.8) is 0 Å². The molecule has 3 heteroatoms. The number of benzene rings is 1. The largest absolute Gasteiger partial charge is 0.439 e. The van der Waals surface area contributed by atoms with Gasteiger partial charge in [0.1, 0.15) is 5.75 Å². The molecule has 0 saturated carbocycles. The zero-order chi connectivity index (χ0) is 9.80. The Morgan fingerprint density at radius 1 is 1.21 bits per heavy atom. The van der Waals surface area contributed by atoms with E-state index >= 15 is 0 Å². The minimum atomic E-state index is 0.523. The Morgan fingerprint density at radius 2 is 2.00 bits per heavy atom. The van der Waals surface area contributed by atoms with Crippen molar-refractivity contribution in [3.05, 3.63) is 53.7 Å². The van der Waals surface area contributed by atoms with E-state index in [4.69, 9.17) is 16.3 Å². The number of hydrogen-bond acceptors (Lipinski definition) is 2. The molecule has 0 bridgehead atoms. The lowest BCUT2D eigenvalue weighted by atomic mass is 10.3. The van der Waals surface area contributed by atoms with E-state index in [1.165, 1.54) is 0 Å². The van der Waals surface area contributed by atoms with Crippen molar-refractivity contribution in [2.24, 2.45) is 0 Å². The van der Waals surface area contributed by atoms with Crippen LogP contribution in [0.5, 0.6) is 11.6 Å². The van der Waals surface area contributed by atoms with E-state index in [2.05, 4.69) is 11.1 Å². The van der Waals surface area contributed by atoms with Gasteiger partial charge in [-0.05, 0) is 36.4 Å². The number of rotatable bonds is 2. The molecule has 0 unspecified atom stereocenters. The summed E-state index contributed by atoms with van der Waals surface area (Å²) in [6, 6.07) is 13.4. The summed E-state index contributed by atoms with van der Waals surface area (Å²) >= 11 is 5.74. The predicted molar refractivity (Wildman–Crippen MR) is 54.6 cm³/mol. The molecule has 0 amide bonds. The lowest BCUT2D eigenvalue weighted by Crippen LogP contribution is -1.85. The van der Waals surface area contributed by atoms with E-state index in [1.54, 1.807) is 42.6 Å². The highest BCUT2D eigenvalue weighted by Gasteiger charge is 1.96. The lowest BCUT2D eigenvalue weighted by Gasteiger charge is -2.02. The molecule has 14 heavy (non-hydrogen) atoms. The Hall–Kier alpha value is -1.54. The Morgan fingerprint density at radius 3 is 2.64 bits per heavy atom. The third kappa shape index (κ3) is 2.24. The second-order valence-electron chi connectivity index (χ2n) is 2.65. The van der Waals surface area contributed by atoms with Gasteiger partial charge < -0.3 is 4.74 Å². The maximum Gasteiger partial charge on any atom is 0.219 e. The fraction of sp³-hybridized carbons (Fsp3) is 0. The van der Waals surface area contributed by atoms with Gasteiger partial charge in [0.2, 0.25) is 5.88 Å². The van der Waals surface area contributed by atoms with Gasteiger partial charge in [0.15, 0.2) is 0 Å². The molecular formula is C11H7ClNO. The van der Waals surface area contributed by atoms with Crippen molar-refractivity contribution in [3.8, 4) is 11.6 Å². The fourth-order valence-electron chi connectivity index (χ4n) is 0.990. The summed E-state index contributed by atoms with van der Waals surface area (Å²) in [5.74, 6) is 1.23. The van der Waals surface area contributed by atoms with Crippen molar-refractivity contribution in [2.75, 3.05) is 0 Å². The average Bonchev–Trinajstić information content (AvgIpc) is 2.23. The van der Waals surface area contributed by atoms with Gasteiger partial charge >= 0.3 is 0 Å². The van der Waals surface area contributed by atoms with Crippen LogP contribution in [0.25, 0.3) is 0 Å². The number of aromatic nitrogens is 1. The second-order valence-corrected chi connectivity index (χ2v) is 3.09. The second kappa shape index (κ2) is 4.11. The first-order valence-electron chi connectivity index (χ1n) is 4.10. The van der Waals surface area contributed by atoms with Gasteiger partial charge in [-0.2, -0.15) is 0 Å². The SMILES string of the molecule is Clc1ccc(Oc2c[c]ccn2)cc1. The Bertz CT molecular complexity index is 399. The Labute approximate surface area is 87.1 Å². The van der Waals surface area contributed by atoms with Crippen molar-refractivity contribution < 1.29 is 4.74 Å². The minimum absolute atomic E-state index is 0.523. The number of hydrogen-bond donors (Lipinski definition) is 0. The van der Waals surface area contributed by atoms with Crippen LogP contribution in [-0.2, 0) is 0 Å². The van der Waals surface area contributed by atoms with Gasteiger partial charge in [0.05, 0.1) is 0 Å². The minimum Gasteiger partial charge on any atom is -0.439 e. The van der Waals surface area contributed by atoms with Crippen LogP contribution < -0.4 is 4.74 Å². The summed E-state index contributed by atoms with van der Waals surface area (Å²) < 4.78 is 5.43. The van der Waals surface area contributed by atoms with Gasteiger partial charge in [0.25, 0.3) is 0 Å². The van der Waals surface area contributed by atoms with Crippen LogP contribution in [0.4, 0.5) is 0 Å². The van der Waals surface area contributed by atoms with E-state index in [0.29, 0.717) is 16.7 Å². The molecule has 0 N–H and O–H groups in total. The highest BCUT2D eigenvalue weighted by molar-refractivity contribution is 6.30. The zero-order valence-electron chi connectivity index (χ0n) is 7.27. The first-order chi connectivity index (χ1) is 6.84. The monoisotopic (exact) mass is 204 g/mol. The summed E-state index contributed by atoms with van der Waals surface area (Å²) in [6.45, 7) is 0. The quantitative estimate of drug-likeness (QED) is 0.749. The van der Waals surface area contributed by atoms with Crippen LogP contribution >= 0.6 is 11.6 Å². The van der Waals surface area contributed by atoms with Gasteiger partial charge in [-0.25, -0.2) is 4.98 Å². The van der Waals surface area contributed by atoms with E-state index in [0.717, 1.165) is 0 Å². The topological polar surface area (TPSA) is 22.1 Å². The molecule has 0 spiro atoms. The molecule has 0 aliphatic rings. The Balaban J connectivity index is 2.16. The molecule has 1 heterocycles. The highest BCUT2D eigenvalue weighted by Crippen LogP contribution is 2.20. The van der Waals surface area contributed by atoms with Crippen LogP contribution in [0.3, 0.4) is 0 Å². The molecule has 69 valence electrons. The highest BCUT2D eigenvalue weighted by atomic mass is 35.5. The van der Waals surface area contributed by atoms with Crippen LogP contribution in [0, 0.1) is 6.07 Å². The maximum atomic E-state index is 5.74. The standard InChI is InChI=1S/C11H7ClNO/c12-9-4-6-10(7-5-9)14-11-3-1-2-8-13-11/h2-8H. The molecule has 2 aromatic rings. The molecule has 0 aliphatic carbocycles. The fourth-order valence-corrected chi connectivity index (χ4v) is 1.12. The predicted octanol–water partition coefficient (Wildman–Crippen LogP) is 3.33. The van der Waals surface area contributed by atoms with Crippen molar-refractivity contribution in [2.45, 2.75) is 0 Å². The molecule has 1 aromatic heterocycles. The molecule has 0 aliphatic heterocycles. The number of pyridine rings is 1. The molecule has 1 aromatic carbocycles. The van der Waals surface area contributed by atoms with E-state index in [1.807, 2.05) is 0 Å². The third-order valence-corrected chi connectivity index (χ3v) is 1.87. The van der Waals surface area contributed by atoms with E-state index in [9.17, 15) is 0 Å². The average molecular weight is 205 g/mol. The molecular weight excluding hydrogens is 198 g/mol. The number of halogens is 1. The molecule has 1 radical (unpaired) electrons. The normalized spacial score (nSPS) is 9.79. The summed E-state index contributed by atoms with van der Waals surface area (Å²) in [6.07, 6.45) is 1.63. The zero-order valence-corrected chi connectivity index (χ0v) is 8.03. The molecule has 0 saturated heterocycles. The maximum absolute atomic E-state index is 5.74. The Kier molecular flexibility index (Phi) is 2.65. The van der Waals surface area contributed by atoms with Gasteiger partial charge in [0, 0.05) is 17.3 Å². The molecule has 0 fully saturated rings. The lowest BCUT2D eigenvalue weighted by molar-refractivity contribution is 0.463. The van der Waals surface area contributed by atoms with Gasteiger partial charge in [-0.15, -0.1) is 0 Å². The van der Waals surface area contributed by atoms with Gasteiger partial charge in [-0.3, -0.25) is 0 Å². The van der Waals surface area contributed by atoms with E-state index < -0.39 is 0 Å².